The zero-order valence-corrected chi connectivity index (χ0v) is 18.1. The summed E-state index contributed by atoms with van der Waals surface area (Å²) in [5, 5.41) is 4.38. The van der Waals surface area contributed by atoms with E-state index in [2.05, 4.69) is 14.8 Å². The Labute approximate surface area is 179 Å². The topological polar surface area (TPSA) is 85.6 Å². The van der Waals surface area contributed by atoms with Gasteiger partial charge in [0.05, 0.1) is 13.3 Å². The monoisotopic (exact) mass is 440 g/mol. The van der Waals surface area contributed by atoms with Crippen molar-refractivity contribution in [2.45, 2.75) is 25.3 Å². The summed E-state index contributed by atoms with van der Waals surface area (Å²) in [5.41, 5.74) is 4.41. The van der Waals surface area contributed by atoms with Gasteiger partial charge in [-0.05, 0) is 55.3 Å². The Balaban J connectivity index is 1.73. The normalized spacial score (nSPS) is 11.7. The second kappa shape index (κ2) is 8.09. The van der Waals surface area contributed by atoms with Crippen LogP contribution in [0.3, 0.4) is 0 Å². The maximum atomic E-state index is 13.1. The lowest BCUT2D eigenvalue weighted by Crippen LogP contribution is -2.23. The number of methoxy groups -OCH3 is 1. The van der Waals surface area contributed by atoms with Gasteiger partial charge in [-0.25, -0.2) is 27.0 Å². The largest absolute Gasteiger partial charge is 0.495 e. The van der Waals surface area contributed by atoms with Crippen LogP contribution in [0.1, 0.15) is 17.0 Å². The van der Waals surface area contributed by atoms with Gasteiger partial charge in [-0.3, -0.25) is 0 Å². The third kappa shape index (κ3) is 4.14. The number of rotatable bonds is 6. The molecule has 0 radical (unpaired) electrons. The predicted octanol–water partition coefficient (Wildman–Crippen LogP) is 3.64. The molecule has 0 amide bonds. The van der Waals surface area contributed by atoms with E-state index in [1.165, 1.54) is 31.4 Å². The highest BCUT2D eigenvalue weighted by Gasteiger charge is 2.21. The number of nitrogens with zero attached hydrogens (tertiary/aromatic N) is 3. The van der Waals surface area contributed by atoms with E-state index >= 15 is 0 Å². The van der Waals surface area contributed by atoms with Gasteiger partial charge in [0.1, 0.15) is 16.5 Å². The van der Waals surface area contributed by atoms with Gasteiger partial charge >= 0.3 is 0 Å². The minimum absolute atomic E-state index is 0.00154. The lowest BCUT2D eigenvalue weighted by Gasteiger charge is -2.12. The van der Waals surface area contributed by atoms with Crippen molar-refractivity contribution in [3.05, 3.63) is 77.5 Å². The number of halogens is 1. The van der Waals surface area contributed by atoms with Gasteiger partial charge in [0.15, 0.2) is 5.65 Å². The third-order valence-corrected chi connectivity index (χ3v) is 6.34. The van der Waals surface area contributed by atoms with E-state index < -0.39 is 10.0 Å². The first-order valence-electron chi connectivity index (χ1n) is 9.53. The van der Waals surface area contributed by atoms with Crippen molar-refractivity contribution in [3.63, 3.8) is 0 Å². The molecule has 160 valence electrons. The molecule has 0 unspecified atom stereocenters. The minimum Gasteiger partial charge on any atom is -0.495 e. The molecule has 0 aliphatic carbocycles. The highest BCUT2D eigenvalue weighted by Crippen LogP contribution is 2.32. The molecule has 2 aromatic carbocycles. The number of hydrogen-bond donors (Lipinski definition) is 1. The van der Waals surface area contributed by atoms with Crippen molar-refractivity contribution >= 4 is 15.7 Å². The fourth-order valence-electron chi connectivity index (χ4n) is 3.39. The first-order valence-corrected chi connectivity index (χ1v) is 11.0. The molecule has 9 heteroatoms. The Morgan fingerprint density at radius 2 is 1.84 bits per heavy atom. The number of fused-ring (bicyclic) bond motifs is 1. The van der Waals surface area contributed by atoms with Crippen molar-refractivity contribution in [2.75, 3.05) is 7.11 Å². The Bertz CT molecular complexity index is 1370. The molecule has 4 rings (SSSR count). The van der Waals surface area contributed by atoms with E-state index in [4.69, 9.17) is 4.74 Å². The average molecular weight is 441 g/mol. The smallest absolute Gasteiger partial charge is 0.244 e. The van der Waals surface area contributed by atoms with Crippen molar-refractivity contribution in [2.24, 2.45) is 0 Å². The molecule has 1 N–H and O–H groups in total. The molecule has 31 heavy (non-hydrogen) atoms. The fraction of sp³-hybridized carbons (Fsp3) is 0.182. The number of aryl methyl sites for hydroxylation is 2. The summed E-state index contributed by atoms with van der Waals surface area (Å²) in [6, 6.07) is 12.5. The second-order valence-electron chi connectivity index (χ2n) is 7.15. The number of sulfonamides is 1. The standard InChI is InChI=1S/C22H21FN4O3S/c1-14-10-15(2)27-22(26-14)19(13-24-27)17-6-9-20(30-3)21(11-17)31(28,29)25-12-16-4-7-18(23)8-5-16/h4-11,13,25H,12H2,1-3H3. The first-order chi connectivity index (χ1) is 14.8. The summed E-state index contributed by atoms with van der Waals surface area (Å²) in [6.07, 6.45) is 1.67. The van der Waals surface area contributed by atoms with Crippen molar-refractivity contribution in [3.8, 4) is 16.9 Å². The molecule has 2 aromatic heterocycles. The predicted molar refractivity (Wildman–Crippen MR) is 115 cm³/mol. The first kappa shape index (κ1) is 21.0. The Morgan fingerprint density at radius 1 is 1.10 bits per heavy atom. The molecular formula is C22H21FN4O3S. The van der Waals surface area contributed by atoms with Gasteiger partial charge in [-0.1, -0.05) is 18.2 Å². The van der Waals surface area contributed by atoms with Gasteiger partial charge < -0.3 is 4.74 Å². The molecule has 0 fully saturated rings. The molecule has 0 saturated heterocycles. The summed E-state index contributed by atoms with van der Waals surface area (Å²) in [6.45, 7) is 3.85. The second-order valence-corrected chi connectivity index (χ2v) is 8.88. The summed E-state index contributed by atoms with van der Waals surface area (Å²) in [7, 11) is -2.50. The molecule has 0 aliphatic heterocycles. The maximum absolute atomic E-state index is 13.1. The number of aromatic nitrogens is 3. The van der Waals surface area contributed by atoms with Crippen LogP contribution in [0, 0.1) is 19.7 Å². The molecule has 4 aromatic rings. The van der Waals surface area contributed by atoms with Crippen LogP contribution in [0.25, 0.3) is 16.8 Å². The zero-order valence-electron chi connectivity index (χ0n) is 17.3. The lowest BCUT2D eigenvalue weighted by atomic mass is 10.1. The summed E-state index contributed by atoms with van der Waals surface area (Å²) >= 11 is 0. The Hall–Kier alpha value is -3.30. The van der Waals surface area contributed by atoms with Crippen LogP contribution in [0.2, 0.25) is 0 Å². The van der Waals surface area contributed by atoms with Crippen LogP contribution in [-0.2, 0) is 16.6 Å². The van der Waals surface area contributed by atoms with Gasteiger partial charge in [0.2, 0.25) is 10.0 Å². The van der Waals surface area contributed by atoms with Crippen LogP contribution in [0.5, 0.6) is 5.75 Å². The maximum Gasteiger partial charge on any atom is 0.244 e. The van der Waals surface area contributed by atoms with E-state index in [0.29, 0.717) is 22.3 Å². The molecule has 0 saturated carbocycles. The van der Waals surface area contributed by atoms with Crippen LogP contribution in [0.15, 0.2) is 59.6 Å². The molecular weight excluding hydrogens is 419 g/mol. The van der Waals surface area contributed by atoms with E-state index in [1.54, 1.807) is 28.9 Å². The number of nitrogens with one attached hydrogen (secondary N) is 1. The summed E-state index contributed by atoms with van der Waals surface area (Å²) in [5.74, 6) is -0.166. The molecule has 0 bridgehead atoms. The van der Waals surface area contributed by atoms with Crippen molar-refractivity contribution in [1.29, 1.82) is 0 Å². The fourth-order valence-corrected chi connectivity index (χ4v) is 4.60. The molecule has 0 atom stereocenters. The molecule has 7 nitrogen and oxygen atoms in total. The number of ether oxygens (including phenoxy) is 1. The average Bonchev–Trinajstić information content (AvgIpc) is 3.17. The summed E-state index contributed by atoms with van der Waals surface area (Å²) in [4.78, 5) is 4.56. The number of benzene rings is 2. The minimum atomic E-state index is -3.91. The van der Waals surface area contributed by atoms with Crippen LogP contribution < -0.4 is 9.46 Å². The molecule has 0 spiro atoms. The van der Waals surface area contributed by atoms with Crippen molar-refractivity contribution in [1.82, 2.24) is 19.3 Å². The Kier molecular flexibility index (Phi) is 5.47. The van der Waals surface area contributed by atoms with Gasteiger partial charge in [0.25, 0.3) is 0 Å². The quantitative estimate of drug-likeness (QED) is 0.495. The Morgan fingerprint density at radius 3 is 2.55 bits per heavy atom. The third-order valence-electron chi connectivity index (χ3n) is 4.92. The molecule has 0 aliphatic rings. The van der Waals surface area contributed by atoms with E-state index in [0.717, 1.165) is 11.4 Å². The number of hydrogen-bond acceptors (Lipinski definition) is 5. The van der Waals surface area contributed by atoms with Crippen LogP contribution in [0.4, 0.5) is 4.39 Å². The van der Waals surface area contributed by atoms with Gasteiger partial charge in [-0.15, -0.1) is 0 Å². The highest BCUT2D eigenvalue weighted by atomic mass is 32.2. The van der Waals surface area contributed by atoms with Crippen LogP contribution in [-0.4, -0.2) is 30.1 Å². The van der Waals surface area contributed by atoms with Crippen LogP contribution >= 0.6 is 0 Å². The molecule has 2 heterocycles. The lowest BCUT2D eigenvalue weighted by molar-refractivity contribution is 0.402. The van der Waals surface area contributed by atoms with E-state index in [9.17, 15) is 12.8 Å². The summed E-state index contributed by atoms with van der Waals surface area (Å²) < 4.78 is 48.7. The SMILES string of the molecule is COc1ccc(-c2cnn3c(C)cc(C)nc23)cc1S(=O)(=O)NCc1ccc(F)cc1. The highest BCUT2D eigenvalue weighted by molar-refractivity contribution is 7.89. The van der Waals surface area contributed by atoms with Crippen molar-refractivity contribution < 1.29 is 17.5 Å². The van der Waals surface area contributed by atoms with E-state index in [1.807, 2.05) is 19.9 Å². The van der Waals surface area contributed by atoms with E-state index in [-0.39, 0.29) is 23.0 Å². The van der Waals surface area contributed by atoms with Gasteiger partial charge in [-0.2, -0.15) is 5.10 Å². The van der Waals surface area contributed by atoms with Gasteiger partial charge in [0, 0.05) is 23.5 Å². The zero-order chi connectivity index (χ0) is 22.2.